The van der Waals surface area contributed by atoms with E-state index < -0.39 is 0 Å². The Labute approximate surface area is 142 Å². The standard InChI is InChI=1S/C17H14N4O2S/c1-22-11-6-8-12(9-7-11)23-10-15-19-16-13-4-2-3-5-14(13)18-17(24)21(16)20-15/h2-9H,10H2,1H3,(H,19,20). The highest BCUT2D eigenvalue weighted by atomic mass is 32.1. The van der Waals surface area contributed by atoms with E-state index in [0.717, 1.165) is 28.0 Å². The molecule has 4 aromatic rings. The summed E-state index contributed by atoms with van der Waals surface area (Å²) in [6, 6.07) is 15.2. The van der Waals surface area contributed by atoms with Gasteiger partial charge in [-0.05, 0) is 48.6 Å². The highest BCUT2D eigenvalue weighted by molar-refractivity contribution is 7.71. The monoisotopic (exact) mass is 338 g/mol. The Balaban J connectivity index is 1.66. The van der Waals surface area contributed by atoms with Gasteiger partial charge in [0.1, 0.15) is 18.1 Å². The number of hydrogen-bond acceptors (Lipinski definition) is 5. The molecule has 2 heterocycles. The van der Waals surface area contributed by atoms with Gasteiger partial charge in [0, 0.05) is 5.39 Å². The van der Waals surface area contributed by atoms with E-state index in [4.69, 9.17) is 21.7 Å². The molecule has 0 spiro atoms. The summed E-state index contributed by atoms with van der Waals surface area (Å²) >= 11 is 5.33. The molecule has 1 N–H and O–H groups in total. The minimum Gasteiger partial charge on any atom is -0.497 e. The predicted molar refractivity (Wildman–Crippen MR) is 93.0 cm³/mol. The lowest BCUT2D eigenvalue weighted by atomic mass is 10.2. The third-order valence-electron chi connectivity index (χ3n) is 3.68. The number of aromatic amines is 1. The molecule has 0 radical (unpaired) electrons. The Morgan fingerprint density at radius 2 is 1.79 bits per heavy atom. The molecule has 2 aromatic heterocycles. The van der Waals surface area contributed by atoms with Crippen molar-refractivity contribution < 1.29 is 9.47 Å². The van der Waals surface area contributed by atoms with E-state index in [0.29, 0.717) is 17.2 Å². The zero-order valence-corrected chi connectivity index (χ0v) is 13.7. The second kappa shape index (κ2) is 5.93. The number of ether oxygens (including phenoxy) is 2. The molecule has 0 aliphatic rings. The number of hydrogen-bond donors (Lipinski definition) is 1. The molecule has 0 saturated carbocycles. The molecule has 2 aromatic carbocycles. The van der Waals surface area contributed by atoms with Crippen LogP contribution in [0, 0.1) is 4.77 Å². The number of para-hydroxylation sites is 1. The Morgan fingerprint density at radius 1 is 1.04 bits per heavy atom. The van der Waals surface area contributed by atoms with Crippen LogP contribution in [0.15, 0.2) is 48.5 Å². The fourth-order valence-corrected chi connectivity index (χ4v) is 2.74. The number of nitrogens with one attached hydrogen (secondary N) is 1. The molecule has 0 aliphatic heterocycles. The fourth-order valence-electron chi connectivity index (χ4n) is 2.51. The normalized spacial score (nSPS) is 11.0. The van der Waals surface area contributed by atoms with Crippen LogP contribution < -0.4 is 9.47 Å². The van der Waals surface area contributed by atoms with Gasteiger partial charge in [-0.15, -0.1) is 0 Å². The number of methoxy groups -OCH3 is 1. The van der Waals surface area contributed by atoms with Crippen LogP contribution in [0.25, 0.3) is 16.6 Å². The maximum absolute atomic E-state index is 5.76. The van der Waals surface area contributed by atoms with Crippen LogP contribution in [0.3, 0.4) is 0 Å². The van der Waals surface area contributed by atoms with Crippen molar-refractivity contribution in [1.82, 2.24) is 19.6 Å². The van der Waals surface area contributed by atoms with Gasteiger partial charge in [0.05, 0.1) is 12.6 Å². The topological polar surface area (TPSA) is 64.4 Å². The van der Waals surface area contributed by atoms with Gasteiger partial charge in [0.2, 0.25) is 4.77 Å². The van der Waals surface area contributed by atoms with Gasteiger partial charge in [-0.1, -0.05) is 12.1 Å². The van der Waals surface area contributed by atoms with Crippen molar-refractivity contribution in [1.29, 1.82) is 0 Å². The van der Waals surface area contributed by atoms with E-state index in [-0.39, 0.29) is 0 Å². The molecule has 120 valence electrons. The van der Waals surface area contributed by atoms with Crippen LogP contribution in [0.4, 0.5) is 0 Å². The van der Waals surface area contributed by atoms with Crippen LogP contribution in [0.2, 0.25) is 0 Å². The third-order valence-corrected chi connectivity index (χ3v) is 3.95. The number of fused-ring (bicyclic) bond motifs is 3. The molecule has 0 atom stereocenters. The minimum absolute atomic E-state index is 0.303. The first kappa shape index (κ1) is 14.6. The summed E-state index contributed by atoms with van der Waals surface area (Å²) in [5.41, 5.74) is 1.58. The molecular weight excluding hydrogens is 324 g/mol. The first-order chi connectivity index (χ1) is 11.7. The number of H-pyrrole nitrogens is 1. The molecular formula is C17H14N4O2S. The van der Waals surface area contributed by atoms with Crippen LogP contribution >= 0.6 is 12.2 Å². The number of benzene rings is 2. The van der Waals surface area contributed by atoms with E-state index in [1.165, 1.54) is 0 Å². The van der Waals surface area contributed by atoms with E-state index in [2.05, 4.69) is 15.1 Å². The molecule has 0 amide bonds. The molecule has 7 heteroatoms. The summed E-state index contributed by atoms with van der Waals surface area (Å²) in [6.45, 7) is 0.303. The molecule has 0 unspecified atom stereocenters. The van der Waals surface area contributed by atoms with E-state index in [1.807, 2.05) is 48.5 Å². The van der Waals surface area contributed by atoms with Crippen molar-refractivity contribution in [2.75, 3.05) is 7.11 Å². The van der Waals surface area contributed by atoms with Gasteiger partial charge in [0.25, 0.3) is 0 Å². The quantitative estimate of drug-likeness (QED) is 0.577. The Bertz CT molecular complexity index is 1070. The van der Waals surface area contributed by atoms with Gasteiger partial charge in [-0.25, -0.2) is 14.5 Å². The average molecular weight is 338 g/mol. The smallest absolute Gasteiger partial charge is 0.221 e. The largest absolute Gasteiger partial charge is 0.497 e. The Morgan fingerprint density at radius 3 is 2.58 bits per heavy atom. The molecule has 0 saturated heterocycles. The first-order valence-corrected chi connectivity index (χ1v) is 7.79. The Hall–Kier alpha value is -2.93. The van der Waals surface area contributed by atoms with Gasteiger partial charge < -0.3 is 9.47 Å². The summed E-state index contributed by atoms with van der Waals surface area (Å²) in [5.74, 6) is 2.20. The van der Waals surface area contributed by atoms with Crippen LogP contribution in [0.1, 0.15) is 5.82 Å². The van der Waals surface area contributed by atoms with E-state index in [1.54, 1.807) is 11.6 Å². The number of aromatic nitrogens is 4. The van der Waals surface area contributed by atoms with Gasteiger partial charge in [0.15, 0.2) is 11.5 Å². The summed E-state index contributed by atoms with van der Waals surface area (Å²) in [5, 5.41) is 4.08. The zero-order valence-electron chi connectivity index (χ0n) is 12.9. The fraction of sp³-hybridized carbons (Fsp3) is 0.118. The van der Waals surface area contributed by atoms with Gasteiger partial charge in [-0.3, -0.25) is 5.10 Å². The summed E-state index contributed by atoms with van der Waals surface area (Å²) in [4.78, 5) is 9.01. The van der Waals surface area contributed by atoms with Crippen molar-refractivity contribution in [3.05, 3.63) is 59.1 Å². The SMILES string of the molecule is COc1ccc(OCc2nc3c4ccccc4nc(=S)n3[nH]2)cc1. The number of rotatable bonds is 4. The zero-order chi connectivity index (χ0) is 16.5. The lowest BCUT2D eigenvalue weighted by Crippen LogP contribution is -1.98. The third kappa shape index (κ3) is 2.59. The lowest BCUT2D eigenvalue weighted by molar-refractivity contribution is 0.295. The number of nitrogens with zero attached hydrogens (tertiary/aromatic N) is 3. The maximum Gasteiger partial charge on any atom is 0.221 e. The van der Waals surface area contributed by atoms with E-state index in [9.17, 15) is 0 Å². The predicted octanol–water partition coefficient (Wildman–Crippen LogP) is 3.53. The molecule has 4 rings (SSSR count). The second-order valence-corrected chi connectivity index (χ2v) is 5.57. The van der Waals surface area contributed by atoms with Gasteiger partial charge >= 0.3 is 0 Å². The maximum atomic E-state index is 5.76. The summed E-state index contributed by atoms with van der Waals surface area (Å²) < 4.78 is 13.0. The van der Waals surface area contributed by atoms with Gasteiger partial charge in [-0.2, -0.15) is 0 Å². The molecule has 0 bridgehead atoms. The molecule has 24 heavy (non-hydrogen) atoms. The van der Waals surface area contributed by atoms with Crippen LogP contribution in [-0.4, -0.2) is 26.7 Å². The molecule has 0 aliphatic carbocycles. The van der Waals surface area contributed by atoms with Crippen molar-refractivity contribution in [2.24, 2.45) is 0 Å². The van der Waals surface area contributed by atoms with Crippen molar-refractivity contribution in [3.63, 3.8) is 0 Å². The van der Waals surface area contributed by atoms with Crippen LogP contribution in [0.5, 0.6) is 11.5 Å². The van der Waals surface area contributed by atoms with Crippen LogP contribution in [-0.2, 0) is 6.61 Å². The first-order valence-electron chi connectivity index (χ1n) is 7.38. The summed E-state index contributed by atoms with van der Waals surface area (Å²) in [7, 11) is 1.63. The molecule has 0 fully saturated rings. The Kier molecular flexibility index (Phi) is 3.62. The van der Waals surface area contributed by atoms with Crippen molar-refractivity contribution in [3.8, 4) is 11.5 Å². The van der Waals surface area contributed by atoms with Crippen molar-refractivity contribution >= 4 is 28.8 Å². The summed E-state index contributed by atoms with van der Waals surface area (Å²) in [6.07, 6.45) is 0. The molecule has 6 nitrogen and oxygen atoms in total. The highest BCUT2D eigenvalue weighted by Crippen LogP contribution is 2.19. The van der Waals surface area contributed by atoms with Crippen molar-refractivity contribution in [2.45, 2.75) is 6.61 Å². The second-order valence-electron chi connectivity index (χ2n) is 5.21. The van der Waals surface area contributed by atoms with E-state index >= 15 is 0 Å². The minimum atomic E-state index is 0.303. The highest BCUT2D eigenvalue weighted by Gasteiger charge is 2.09. The lowest BCUT2D eigenvalue weighted by Gasteiger charge is -2.04. The average Bonchev–Trinajstić information content (AvgIpc) is 3.06.